The van der Waals surface area contributed by atoms with E-state index in [-0.39, 0.29) is 6.17 Å². The van der Waals surface area contributed by atoms with E-state index in [9.17, 15) is 0 Å². The number of nitrogens with one attached hydrogen (secondary N) is 1. The van der Waals surface area contributed by atoms with Crippen molar-refractivity contribution in [1.29, 1.82) is 0 Å². The number of hydrogen-bond acceptors (Lipinski definition) is 4. The SMILES string of the molecule is C1=Cc2ccc(C3=NC(c4cc5oc6c(-n7c8ccccc8c8ccccc87)cccc6c5c5ccccc45)=NC(c4ccccc4)N3)cc2CC1. The molecule has 0 radical (unpaired) electrons. The highest BCUT2D eigenvalue weighted by Crippen LogP contribution is 2.41. The van der Waals surface area contributed by atoms with Gasteiger partial charge in [0.2, 0.25) is 0 Å². The van der Waals surface area contributed by atoms with Gasteiger partial charge in [-0.3, -0.25) is 0 Å². The van der Waals surface area contributed by atoms with Gasteiger partial charge < -0.3 is 14.3 Å². The second-order valence-electron chi connectivity index (χ2n) is 13.7. The summed E-state index contributed by atoms with van der Waals surface area (Å²) in [7, 11) is 0. The van der Waals surface area contributed by atoms with E-state index in [1.54, 1.807) is 0 Å². The summed E-state index contributed by atoms with van der Waals surface area (Å²) in [6.45, 7) is 0. The minimum Gasteiger partial charge on any atom is -0.454 e. The van der Waals surface area contributed by atoms with Crippen LogP contribution in [-0.4, -0.2) is 16.2 Å². The summed E-state index contributed by atoms with van der Waals surface area (Å²) in [6, 6.07) is 51.5. The lowest BCUT2D eigenvalue weighted by Gasteiger charge is -2.24. The molecule has 1 atom stereocenters. The van der Waals surface area contributed by atoms with Crippen LogP contribution in [0.25, 0.3) is 66.3 Å². The van der Waals surface area contributed by atoms with Gasteiger partial charge in [-0.2, -0.15) is 0 Å². The third-order valence-electron chi connectivity index (χ3n) is 10.7. The van der Waals surface area contributed by atoms with Crippen LogP contribution in [0.5, 0.6) is 0 Å². The van der Waals surface area contributed by atoms with Crippen molar-refractivity contribution in [3.05, 3.63) is 179 Å². The molecule has 7 aromatic carbocycles. The Bertz CT molecular complexity index is 2940. The average molecular weight is 669 g/mol. The van der Waals surface area contributed by atoms with Gasteiger partial charge in [0.05, 0.1) is 16.7 Å². The van der Waals surface area contributed by atoms with E-state index in [1.165, 1.54) is 21.9 Å². The highest BCUT2D eigenvalue weighted by atomic mass is 16.3. The zero-order chi connectivity index (χ0) is 34.2. The molecule has 2 aromatic heterocycles. The number of aromatic nitrogens is 1. The molecule has 9 aromatic rings. The maximum atomic E-state index is 6.98. The van der Waals surface area contributed by atoms with Crippen molar-refractivity contribution in [1.82, 2.24) is 9.88 Å². The van der Waals surface area contributed by atoms with Crippen molar-refractivity contribution >= 4 is 72.3 Å². The second-order valence-corrected chi connectivity index (χ2v) is 13.7. The zero-order valence-corrected chi connectivity index (χ0v) is 28.3. The first-order chi connectivity index (χ1) is 25.8. The normalized spacial score (nSPS) is 15.7. The Hall–Kier alpha value is -6.72. The summed E-state index contributed by atoms with van der Waals surface area (Å²) in [5.74, 6) is 1.50. The third-order valence-corrected chi connectivity index (χ3v) is 10.7. The molecule has 1 unspecified atom stereocenters. The Morgan fingerprint density at radius 1 is 0.654 bits per heavy atom. The molecule has 1 aliphatic carbocycles. The number of benzene rings is 7. The molecule has 11 rings (SSSR count). The topological polar surface area (TPSA) is 54.8 Å². The molecule has 1 aliphatic heterocycles. The molecular formula is C47H32N4O. The van der Waals surface area contributed by atoms with E-state index in [1.807, 2.05) is 6.07 Å². The van der Waals surface area contributed by atoms with E-state index in [4.69, 9.17) is 14.4 Å². The van der Waals surface area contributed by atoms with Crippen LogP contribution >= 0.6 is 0 Å². The van der Waals surface area contributed by atoms with Crippen LogP contribution < -0.4 is 5.32 Å². The summed E-state index contributed by atoms with van der Waals surface area (Å²) < 4.78 is 9.32. The van der Waals surface area contributed by atoms with Crippen LogP contribution in [0.1, 0.15) is 40.4 Å². The molecule has 1 N–H and O–H groups in total. The molecule has 5 nitrogen and oxygen atoms in total. The quantitative estimate of drug-likeness (QED) is 0.203. The predicted octanol–water partition coefficient (Wildman–Crippen LogP) is 11.3. The molecule has 0 fully saturated rings. The molecule has 0 bridgehead atoms. The average Bonchev–Trinajstić information content (AvgIpc) is 3.77. The number of hydrogen-bond donors (Lipinski definition) is 1. The molecule has 0 saturated heterocycles. The van der Waals surface area contributed by atoms with Crippen LogP contribution in [-0.2, 0) is 6.42 Å². The van der Waals surface area contributed by atoms with Gasteiger partial charge in [0, 0.05) is 32.7 Å². The first-order valence-corrected chi connectivity index (χ1v) is 17.9. The Balaban J connectivity index is 1.15. The number of amidine groups is 2. The minimum absolute atomic E-state index is 0.299. The summed E-state index contributed by atoms with van der Waals surface area (Å²) >= 11 is 0. The highest BCUT2D eigenvalue weighted by molar-refractivity contribution is 6.26. The Labute approximate surface area is 299 Å². The minimum atomic E-state index is -0.299. The maximum Gasteiger partial charge on any atom is 0.160 e. The zero-order valence-electron chi connectivity index (χ0n) is 28.3. The third kappa shape index (κ3) is 4.42. The first kappa shape index (κ1) is 29.1. The van der Waals surface area contributed by atoms with Crippen LogP contribution in [0, 0.1) is 0 Å². The Morgan fingerprint density at radius 3 is 2.17 bits per heavy atom. The van der Waals surface area contributed by atoms with Crippen molar-refractivity contribution in [3.63, 3.8) is 0 Å². The van der Waals surface area contributed by atoms with Gasteiger partial charge in [0.1, 0.15) is 17.6 Å². The van der Waals surface area contributed by atoms with E-state index < -0.39 is 0 Å². The first-order valence-electron chi connectivity index (χ1n) is 17.9. The summed E-state index contributed by atoms with van der Waals surface area (Å²) in [6.07, 6.45) is 6.25. The molecule has 3 heterocycles. The number of aryl methyl sites for hydroxylation is 1. The lowest BCUT2D eigenvalue weighted by Crippen LogP contribution is -2.33. The monoisotopic (exact) mass is 668 g/mol. The number of nitrogens with zero attached hydrogens (tertiary/aromatic N) is 3. The number of furan rings is 1. The van der Waals surface area contributed by atoms with Crippen LogP contribution in [0.3, 0.4) is 0 Å². The van der Waals surface area contributed by atoms with Crippen molar-refractivity contribution in [2.45, 2.75) is 19.0 Å². The van der Waals surface area contributed by atoms with Crippen LogP contribution in [0.4, 0.5) is 0 Å². The van der Waals surface area contributed by atoms with Gasteiger partial charge in [-0.15, -0.1) is 0 Å². The van der Waals surface area contributed by atoms with Crippen molar-refractivity contribution in [3.8, 4) is 5.69 Å². The summed E-state index contributed by atoms with van der Waals surface area (Å²) in [5, 5.41) is 10.5. The van der Waals surface area contributed by atoms with Gasteiger partial charge in [0.25, 0.3) is 0 Å². The number of para-hydroxylation sites is 3. The maximum absolute atomic E-state index is 6.98. The number of allylic oxidation sites excluding steroid dienone is 1. The fourth-order valence-corrected chi connectivity index (χ4v) is 8.29. The molecule has 52 heavy (non-hydrogen) atoms. The molecule has 0 spiro atoms. The second kappa shape index (κ2) is 11.4. The van der Waals surface area contributed by atoms with Gasteiger partial charge in [-0.1, -0.05) is 127 Å². The van der Waals surface area contributed by atoms with E-state index in [2.05, 4.69) is 162 Å². The van der Waals surface area contributed by atoms with Crippen molar-refractivity contribution in [2.24, 2.45) is 9.98 Å². The number of rotatable bonds is 4. The molecule has 5 heteroatoms. The van der Waals surface area contributed by atoms with Crippen LogP contribution in [0.15, 0.2) is 166 Å². The van der Waals surface area contributed by atoms with E-state index in [0.29, 0.717) is 5.84 Å². The molecule has 2 aliphatic rings. The largest absolute Gasteiger partial charge is 0.454 e. The van der Waals surface area contributed by atoms with E-state index in [0.717, 1.165) is 84.8 Å². The van der Waals surface area contributed by atoms with Crippen LogP contribution in [0.2, 0.25) is 0 Å². The van der Waals surface area contributed by atoms with Gasteiger partial charge in [-0.05, 0) is 70.6 Å². The Morgan fingerprint density at radius 2 is 1.37 bits per heavy atom. The number of fused-ring (bicyclic) bond motifs is 9. The molecule has 0 amide bonds. The fourth-order valence-electron chi connectivity index (χ4n) is 8.29. The van der Waals surface area contributed by atoms with E-state index >= 15 is 0 Å². The molecule has 246 valence electrons. The highest BCUT2D eigenvalue weighted by Gasteiger charge is 2.25. The van der Waals surface area contributed by atoms with Gasteiger partial charge in [-0.25, -0.2) is 9.98 Å². The van der Waals surface area contributed by atoms with Gasteiger partial charge >= 0.3 is 0 Å². The number of aliphatic imine (C=N–C) groups is 2. The van der Waals surface area contributed by atoms with Crippen molar-refractivity contribution in [2.75, 3.05) is 0 Å². The lowest BCUT2D eigenvalue weighted by molar-refractivity contribution is 0.665. The van der Waals surface area contributed by atoms with Gasteiger partial charge in [0.15, 0.2) is 11.4 Å². The standard InChI is InChI=1S/C47H32N4O/c1-2-14-30(15-3-1)45-48-46(32-26-25-29-13-4-5-16-31(29)27-32)50-47(49-45)38-28-42-43(36-20-7-6-17-33(36)38)37-21-12-24-41(44(37)52-42)51-39-22-10-8-18-34(39)35-19-9-11-23-40(35)51/h1-4,6-15,17-28,45H,5,16H2,(H,48,49,50). The molecule has 0 saturated carbocycles. The van der Waals surface area contributed by atoms with Crippen molar-refractivity contribution < 1.29 is 4.42 Å². The summed E-state index contributed by atoms with van der Waals surface area (Å²) in [4.78, 5) is 10.6. The summed E-state index contributed by atoms with van der Waals surface area (Å²) in [5.41, 5.74) is 10.7. The molecular weight excluding hydrogens is 637 g/mol. The fraction of sp³-hybridized carbons (Fsp3) is 0.0638. The lowest BCUT2D eigenvalue weighted by atomic mass is 9.95. The smallest absolute Gasteiger partial charge is 0.160 e. The predicted molar refractivity (Wildman–Crippen MR) is 215 cm³/mol. The Kier molecular flexibility index (Phi) is 6.37.